The zero-order valence-corrected chi connectivity index (χ0v) is 9.40. The van der Waals surface area contributed by atoms with Gasteiger partial charge in [0, 0.05) is 17.7 Å². The lowest BCUT2D eigenvalue weighted by Crippen LogP contribution is -2.29. The molecule has 2 nitrogen and oxygen atoms in total. The van der Waals surface area contributed by atoms with Crippen molar-refractivity contribution in [3.8, 4) is 0 Å². The fourth-order valence-corrected chi connectivity index (χ4v) is 1.61. The van der Waals surface area contributed by atoms with Crippen molar-refractivity contribution in [2.75, 3.05) is 0 Å². The lowest BCUT2D eigenvalue weighted by Gasteiger charge is -2.11. The number of alkyl halides is 1. The monoisotopic (exact) mass is 263 g/mol. The predicted octanol–water partition coefficient (Wildman–Crippen LogP) is 2.66. The van der Waals surface area contributed by atoms with E-state index in [9.17, 15) is 18.0 Å². The Morgan fingerprint density at radius 1 is 1.24 bits per heavy atom. The minimum Gasteiger partial charge on any atom is -0.352 e. The Bertz CT molecular complexity index is 462. The third-order valence-electron chi connectivity index (χ3n) is 2.47. The van der Waals surface area contributed by atoms with Crippen LogP contribution in [-0.2, 0) is 4.79 Å². The highest BCUT2D eigenvalue weighted by atomic mass is 35.5. The molecule has 1 saturated carbocycles. The summed E-state index contributed by atoms with van der Waals surface area (Å²) in [5.41, 5.74) is -0.358. The molecule has 0 aromatic heterocycles. The molecule has 1 fully saturated rings. The number of benzene rings is 1. The number of nitrogens with one attached hydrogen (secondary N) is 1. The van der Waals surface area contributed by atoms with E-state index in [0.717, 1.165) is 12.8 Å². The summed E-state index contributed by atoms with van der Waals surface area (Å²) in [5, 5.41) is 1.20. The van der Waals surface area contributed by atoms with E-state index in [0.29, 0.717) is 12.1 Å². The number of hydrogen-bond donors (Lipinski definition) is 1. The van der Waals surface area contributed by atoms with E-state index in [2.05, 4.69) is 5.32 Å². The molecule has 0 heterocycles. The Balaban J connectivity index is 2.19. The summed E-state index contributed by atoms with van der Waals surface area (Å²) in [6.07, 6.45) is 1.71. The van der Waals surface area contributed by atoms with Crippen LogP contribution in [0.3, 0.4) is 0 Å². The third-order valence-corrected chi connectivity index (χ3v) is 2.90. The van der Waals surface area contributed by atoms with Crippen LogP contribution in [0.5, 0.6) is 0 Å². The van der Waals surface area contributed by atoms with Crippen LogP contribution in [0, 0.1) is 17.5 Å². The zero-order valence-electron chi connectivity index (χ0n) is 8.64. The van der Waals surface area contributed by atoms with Gasteiger partial charge < -0.3 is 5.32 Å². The van der Waals surface area contributed by atoms with E-state index >= 15 is 0 Å². The normalized spacial score (nSPS) is 16.7. The first-order valence-corrected chi connectivity index (χ1v) is 5.51. The number of carbonyl (C=O) groups is 1. The summed E-state index contributed by atoms with van der Waals surface area (Å²) >= 11 is 5.72. The van der Waals surface area contributed by atoms with Crippen LogP contribution in [0.25, 0.3) is 0 Å². The van der Waals surface area contributed by atoms with Crippen molar-refractivity contribution < 1.29 is 18.0 Å². The molecule has 92 valence electrons. The fourth-order valence-electron chi connectivity index (χ4n) is 1.38. The van der Waals surface area contributed by atoms with Gasteiger partial charge in [-0.3, -0.25) is 4.79 Å². The van der Waals surface area contributed by atoms with E-state index in [1.54, 1.807) is 0 Å². The number of hydrogen-bond acceptors (Lipinski definition) is 1. The molecule has 1 aliphatic carbocycles. The predicted molar refractivity (Wildman–Crippen MR) is 56.1 cm³/mol. The average Bonchev–Trinajstić information content (AvgIpc) is 3.06. The van der Waals surface area contributed by atoms with E-state index in [1.807, 2.05) is 0 Å². The number of amides is 1. The van der Waals surface area contributed by atoms with Gasteiger partial charge in [-0.15, -0.1) is 11.6 Å². The first-order chi connectivity index (χ1) is 7.99. The zero-order chi connectivity index (χ0) is 12.6. The molecule has 0 radical (unpaired) electrons. The highest BCUT2D eigenvalue weighted by Crippen LogP contribution is 2.27. The maximum Gasteiger partial charge on any atom is 0.242 e. The molecule has 1 amide bonds. The van der Waals surface area contributed by atoms with Gasteiger partial charge in [0.25, 0.3) is 0 Å². The third kappa shape index (κ3) is 2.72. The lowest BCUT2D eigenvalue weighted by molar-refractivity contribution is -0.121. The van der Waals surface area contributed by atoms with E-state index in [-0.39, 0.29) is 11.6 Å². The van der Waals surface area contributed by atoms with E-state index in [4.69, 9.17) is 11.6 Å². The SMILES string of the molecule is O=C(NC1CC1)C(Cl)c1cc(F)c(F)cc1F. The average molecular weight is 264 g/mol. The summed E-state index contributed by atoms with van der Waals surface area (Å²) in [4.78, 5) is 11.5. The Hall–Kier alpha value is -1.23. The molecular weight excluding hydrogens is 255 g/mol. The molecule has 0 spiro atoms. The van der Waals surface area contributed by atoms with Crippen LogP contribution < -0.4 is 5.32 Å². The number of carbonyl (C=O) groups excluding carboxylic acids is 1. The van der Waals surface area contributed by atoms with Gasteiger partial charge >= 0.3 is 0 Å². The Morgan fingerprint density at radius 2 is 1.82 bits per heavy atom. The molecule has 0 aliphatic heterocycles. The second-order valence-corrected chi connectivity index (χ2v) is 4.37. The van der Waals surface area contributed by atoms with Gasteiger partial charge in [-0.1, -0.05) is 0 Å². The van der Waals surface area contributed by atoms with Crippen LogP contribution in [0.1, 0.15) is 23.8 Å². The van der Waals surface area contributed by atoms with Crippen LogP contribution in [0.2, 0.25) is 0 Å². The van der Waals surface area contributed by atoms with Crippen molar-refractivity contribution in [1.82, 2.24) is 5.32 Å². The van der Waals surface area contributed by atoms with Crippen molar-refractivity contribution in [1.29, 1.82) is 0 Å². The minimum atomic E-state index is -1.36. The molecule has 1 atom stereocenters. The molecule has 1 N–H and O–H groups in total. The number of halogens is 4. The van der Waals surface area contributed by atoms with Gasteiger partial charge in [0.2, 0.25) is 5.91 Å². The molecule has 17 heavy (non-hydrogen) atoms. The van der Waals surface area contributed by atoms with Crippen LogP contribution >= 0.6 is 11.6 Å². The van der Waals surface area contributed by atoms with Crippen molar-refractivity contribution >= 4 is 17.5 Å². The van der Waals surface area contributed by atoms with Gasteiger partial charge in [0.05, 0.1) is 0 Å². The fraction of sp³-hybridized carbons (Fsp3) is 0.364. The van der Waals surface area contributed by atoms with Crippen LogP contribution in [-0.4, -0.2) is 11.9 Å². The molecule has 0 saturated heterocycles. The molecule has 1 aromatic carbocycles. The van der Waals surface area contributed by atoms with Gasteiger partial charge in [-0.25, -0.2) is 13.2 Å². The Kier molecular flexibility index (Phi) is 3.28. The minimum absolute atomic E-state index is 0.0668. The molecule has 1 aliphatic rings. The lowest BCUT2D eigenvalue weighted by atomic mass is 10.1. The highest BCUT2D eigenvalue weighted by Gasteiger charge is 2.29. The van der Waals surface area contributed by atoms with Gasteiger partial charge in [0.15, 0.2) is 11.6 Å². The summed E-state index contributed by atoms with van der Waals surface area (Å²) in [7, 11) is 0. The Morgan fingerprint density at radius 3 is 2.41 bits per heavy atom. The second-order valence-electron chi connectivity index (χ2n) is 3.93. The summed E-state index contributed by atoms with van der Waals surface area (Å²) in [6.45, 7) is 0. The molecular formula is C11H9ClF3NO. The molecule has 2 rings (SSSR count). The first kappa shape index (κ1) is 12.2. The van der Waals surface area contributed by atoms with E-state index < -0.39 is 28.7 Å². The molecule has 6 heteroatoms. The van der Waals surface area contributed by atoms with Crippen molar-refractivity contribution in [3.05, 3.63) is 35.1 Å². The Labute approximate surface area is 101 Å². The second kappa shape index (κ2) is 4.56. The molecule has 1 unspecified atom stereocenters. The van der Waals surface area contributed by atoms with E-state index in [1.165, 1.54) is 0 Å². The highest BCUT2D eigenvalue weighted by molar-refractivity contribution is 6.30. The van der Waals surface area contributed by atoms with Crippen molar-refractivity contribution in [2.24, 2.45) is 0 Å². The maximum absolute atomic E-state index is 13.3. The topological polar surface area (TPSA) is 29.1 Å². The standard InChI is InChI=1S/C11H9ClF3NO/c12-10(11(17)16-5-1-2-5)6-3-8(14)9(15)4-7(6)13/h3-5,10H,1-2H2,(H,16,17). The van der Waals surface area contributed by atoms with Crippen LogP contribution in [0.15, 0.2) is 12.1 Å². The summed E-state index contributed by atoms with van der Waals surface area (Å²) < 4.78 is 38.9. The van der Waals surface area contributed by atoms with Gasteiger partial charge in [-0.2, -0.15) is 0 Å². The van der Waals surface area contributed by atoms with Gasteiger partial charge in [0.1, 0.15) is 11.2 Å². The largest absolute Gasteiger partial charge is 0.352 e. The summed E-state index contributed by atoms with van der Waals surface area (Å²) in [5.74, 6) is -4.17. The van der Waals surface area contributed by atoms with Crippen LogP contribution in [0.4, 0.5) is 13.2 Å². The van der Waals surface area contributed by atoms with Crippen molar-refractivity contribution in [3.63, 3.8) is 0 Å². The maximum atomic E-state index is 13.3. The quantitative estimate of drug-likeness (QED) is 0.659. The summed E-state index contributed by atoms with van der Waals surface area (Å²) in [6, 6.07) is 1.05. The molecule has 0 bridgehead atoms. The first-order valence-electron chi connectivity index (χ1n) is 5.08. The smallest absolute Gasteiger partial charge is 0.242 e. The number of rotatable bonds is 3. The van der Waals surface area contributed by atoms with Gasteiger partial charge in [-0.05, 0) is 18.9 Å². The van der Waals surface area contributed by atoms with Crippen molar-refractivity contribution in [2.45, 2.75) is 24.3 Å². The molecule has 1 aromatic rings.